The van der Waals surface area contributed by atoms with Gasteiger partial charge in [-0.15, -0.1) is 0 Å². The van der Waals surface area contributed by atoms with Gasteiger partial charge in [-0.25, -0.2) is 4.79 Å². The van der Waals surface area contributed by atoms with Crippen LogP contribution in [0.25, 0.3) is 0 Å². The Hall–Kier alpha value is -3.28. The first-order valence-electron chi connectivity index (χ1n) is 6.56. The van der Waals surface area contributed by atoms with Gasteiger partial charge in [0, 0.05) is 28.8 Å². The summed E-state index contributed by atoms with van der Waals surface area (Å²) >= 11 is 0. The van der Waals surface area contributed by atoms with Crippen LogP contribution in [-0.2, 0) is 4.79 Å². The molecule has 0 unspecified atom stereocenters. The third-order valence-electron chi connectivity index (χ3n) is 2.74. The predicted octanol–water partition coefficient (Wildman–Crippen LogP) is 3.47. The minimum atomic E-state index is -0.935. The molecule has 0 aliphatic rings. The molecule has 0 bridgehead atoms. The highest BCUT2D eigenvalue weighted by Crippen LogP contribution is 2.15. The van der Waals surface area contributed by atoms with Crippen molar-refractivity contribution in [2.75, 3.05) is 0 Å². The van der Waals surface area contributed by atoms with Crippen LogP contribution in [0.15, 0.2) is 66.7 Å². The summed E-state index contributed by atoms with van der Waals surface area (Å²) in [5.74, 6) is -1.07. The molecule has 0 fully saturated rings. The molecule has 23 heavy (non-hydrogen) atoms. The number of nitro benzene ring substituents is 1. The molecule has 0 saturated heterocycles. The number of hydrogen-bond donors (Lipinski definition) is 1. The van der Waals surface area contributed by atoms with Crippen molar-refractivity contribution in [1.82, 2.24) is 0 Å². The van der Waals surface area contributed by atoms with Gasteiger partial charge in [0.15, 0.2) is 5.78 Å². The molecule has 0 amide bonds. The lowest BCUT2D eigenvalue weighted by Gasteiger charge is -2.00. The number of non-ortho nitro benzene ring substituents is 1. The number of aliphatic carboxylic acids is 1. The summed E-state index contributed by atoms with van der Waals surface area (Å²) in [5, 5.41) is 18.4. The fourth-order valence-electron chi connectivity index (χ4n) is 1.49. The SMILES string of the molecule is C=C(C)C(=O)O.O=C(c1ccccc1)c1ccc([N+](=O)[O-])cc1. The standard InChI is InChI=1S/C13H9NO3.C4H6O2/c15-13(10-4-2-1-3-5-10)11-6-8-12(9-7-11)14(16)17;1-3(2)4(5)6/h1-9H;1H2,2H3,(H,5,6). The van der Waals surface area contributed by atoms with E-state index in [0.717, 1.165) is 0 Å². The van der Waals surface area contributed by atoms with Crippen LogP contribution in [-0.4, -0.2) is 21.8 Å². The molecule has 2 aromatic rings. The third kappa shape index (κ3) is 5.55. The zero-order valence-corrected chi connectivity index (χ0v) is 12.4. The summed E-state index contributed by atoms with van der Waals surface area (Å²) in [6.07, 6.45) is 0. The summed E-state index contributed by atoms with van der Waals surface area (Å²) < 4.78 is 0. The number of benzene rings is 2. The topological polar surface area (TPSA) is 97.5 Å². The van der Waals surface area contributed by atoms with E-state index < -0.39 is 10.9 Å². The quantitative estimate of drug-likeness (QED) is 0.403. The zero-order valence-electron chi connectivity index (χ0n) is 12.4. The van der Waals surface area contributed by atoms with Crippen LogP contribution >= 0.6 is 0 Å². The highest BCUT2D eigenvalue weighted by molar-refractivity contribution is 6.09. The molecule has 0 radical (unpaired) electrons. The van der Waals surface area contributed by atoms with Crippen LogP contribution in [0, 0.1) is 10.1 Å². The zero-order chi connectivity index (χ0) is 17.4. The van der Waals surface area contributed by atoms with Gasteiger partial charge < -0.3 is 5.11 Å². The van der Waals surface area contributed by atoms with E-state index in [1.807, 2.05) is 6.07 Å². The molecule has 0 aliphatic heterocycles. The van der Waals surface area contributed by atoms with Crippen LogP contribution < -0.4 is 0 Å². The Morgan fingerprint density at radius 2 is 1.43 bits per heavy atom. The number of carboxylic acids is 1. The smallest absolute Gasteiger partial charge is 0.330 e. The Morgan fingerprint density at radius 3 is 1.83 bits per heavy atom. The van der Waals surface area contributed by atoms with Crippen molar-refractivity contribution < 1.29 is 19.6 Å². The molecule has 0 saturated carbocycles. The van der Waals surface area contributed by atoms with E-state index in [1.54, 1.807) is 24.3 Å². The Bertz CT molecular complexity index is 708. The highest BCUT2D eigenvalue weighted by Gasteiger charge is 2.10. The molecule has 0 aromatic heterocycles. The predicted molar refractivity (Wildman–Crippen MR) is 85.4 cm³/mol. The number of rotatable bonds is 4. The Labute approximate surface area is 132 Å². The summed E-state index contributed by atoms with van der Waals surface area (Å²) in [5.41, 5.74) is 1.17. The number of hydrogen-bond acceptors (Lipinski definition) is 4. The molecule has 2 aromatic carbocycles. The number of nitro groups is 1. The van der Waals surface area contributed by atoms with E-state index in [2.05, 4.69) is 6.58 Å². The number of ketones is 1. The first-order valence-corrected chi connectivity index (χ1v) is 6.56. The summed E-state index contributed by atoms with van der Waals surface area (Å²) in [7, 11) is 0. The third-order valence-corrected chi connectivity index (χ3v) is 2.74. The second-order valence-electron chi connectivity index (χ2n) is 4.58. The van der Waals surface area contributed by atoms with Crippen LogP contribution in [0.1, 0.15) is 22.8 Å². The molecule has 2 rings (SSSR count). The highest BCUT2D eigenvalue weighted by atomic mass is 16.6. The van der Waals surface area contributed by atoms with E-state index in [0.29, 0.717) is 11.1 Å². The van der Waals surface area contributed by atoms with Crippen molar-refractivity contribution in [3.8, 4) is 0 Å². The molecule has 6 heteroatoms. The lowest BCUT2D eigenvalue weighted by atomic mass is 10.0. The largest absolute Gasteiger partial charge is 0.478 e. The molecular weight excluding hydrogens is 298 g/mol. The lowest BCUT2D eigenvalue weighted by molar-refractivity contribution is -0.384. The first-order chi connectivity index (χ1) is 10.8. The van der Waals surface area contributed by atoms with E-state index in [4.69, 9.17) is 5.11 Å². The second kappa shape index (κ2) is 8.23. The van der Waals surface area contributed by atoms with Crippen LogP contribution in [0.2, 0.25) is 0 Å². The Kier molecular flexibility index (Phi) is 6.36. The van der Waals surface area contributed by atoms with Crippen molar-refractivity contribution in [2.24, 2.45) is 0 Å². The first kappa shape index (κ1) is 17.8. The summed E-state index contributed by atoms with van der Waals surface area (Å²) in [6.45, 7) is 4.60. The minimum absolute atomic E-state index is 0.0189. The summed E-state index contributed by atoms with van der Waals surface area (Å²) in [6, 6.07) is 14.4. The van der Waals surface area contributed by atoms with Gasteiger partial charge in [-0.1, -0.05) is 36.9 Å². The lowest BCUT2D eigenvalue weighted by Crippen LogP contribution is -2.00. The van der Waals surface area contributed by atoms with Crippen molar-refractivity contribution in [1.29, 1.82) is 0 Å². The van der Waals surface area contributed by atoms with Crippen molar-refractivity contribution in [3.05, 3.63) is 88.0 Å². The fourth-order valence-corrected chi connectivity index (χ4v) is 1.49. The minimum Gasteiger partial charge on any atom is -0.478 e. The molecule has 0 heterocycles. The van der Waals surface area contributed by atoms with Gasteiger partial charge in [0.25, 0.3) is 5.69 Å². The monoisotopic (exact) mass is 313 g/mol. The molecular formula is C17H15NO5. The second-order valence-corrected chi connectivity index (χ2v) is 4.58. The van der Waals surface area contributed by atoms with Gasteiger partial charge in [0.1, 0.15) is 0 Å². The number of carboxylic acid groups (broad SMARTS) is 1. The Balaban J connectivity index is 0.000000379. The van der Waals surface area contributed by atoms with Crippen LogP contribution in [0.3, 0.4) is 0 Å². The van der Waals surface area contributed by atoms with Crippen molar-refractivity contribution in [2.45, 2.75) is 6.92 Å². The average Bonchev–Trinajstić information content (AvgIpc) is 2.55. The van der Waals surface area contributed by atoms with Crippen molar-refractivity contribution in [3.63, 3.8) is 0 Å². The summed E-state index contributed by atoms with van der Waals surface area (Å²) in [4.78, 5) is 31.5. The van der Waals surface area contributed by atoms with Crippen molar-refractivity contribution >= 4 is 17.4 Å². The normalized spacial score (nSPS) is 9.26. The van der Waals surface area contributed by atoms with Crippen LogP contribution in [0.4, 0.5) is 5.69 Å². The van der Waals surface area contributed by atoms with Gasteiger partial charge in [0.05, 0.1) is 4.92 Å². The maximum atomic E-state index is 12.0. The van der Waals surface area contributed by atoms with Crippen LogP contribution in [0.5, 0.6) is 0 Å². The number of carbonyl (C=O) groups is 2. The van der Waals surface area contributed by atoms with Gasteiger partial charge in [-0.2, -0.15) is 0 Å². The van der Waals surface area contributed by atoms with Gasteiger partial charge in [0.2, 0.25) is 0 Å². The molecule has 0 aliphatic carbocycles. The van der Waals surface area contributed by atoms with E-state index >= 15 is 0 Å². The van der Waals surface area contributed by atoms with E-state index in [9.17, 15) is 19.7 Å². The van der Waals surface area contributed by atoms with Gasteiger partial charge in [-0.05, 0) is 19.1 Å². The van der Waals surface area contributed by atoms with E-state index in [-0.39, 0.29) is 17.0 Å². The molecule has 118 valence electrons. The van der Waals surface area contributed by atoms with Gasteiger partial charge >= 0.3 is 5.97 Å². The Morgan fingerprint density at radius 1 is 1.00 bits per heavy atom. The van der Waals surface area contributed by atoms with Gasteiger partial charge in [-0.3, -0.25) is 14.9 Å². The fraction of sp³-hybridized carbons (Fsp3) is 0.0588. The molecule has 0 spiro atoms. The maximum absolute atomic E-state index is 12.0. The number of carbonyl (C=O) groups excluding carboxylic acids is 1. The molecule has 6 nitrogen and oxygen atoms in total. The molecule has 1 N–H and O–H groups in total. The van der Waals surface area contributed by atoms with E-state index in [1.165, 1.54) is 31.2 Å². The molecule has 0 atom stereocenters. The average molecular weight is 313 g/mol. The number of nitrogens with zero attached hydrogens (tertiary/aromatic N) is 1. The maximum Gasteiger partial charge on any atom is 0.330 e.